The van der Waals surface area contributed by atoms with E-state index in [2.05, 4.69) is 41.3 Å². The van der Waals surface area contributed by atoms with Crippen LogP contribution in [0.2, 0.25) is 0 Å². The number of phenols is 2. The first-order valence-corrected chi connectivity index (χ1v) is 8.74. The first-order valence-electron chi connectivity index (χ1n) is 8.74. The van der Waals surface area contributed by atoms with E-state index in [0.717, 1.165) is 22.6 Å². The van der Waals surface area contributed by atoms with Crippen molar-refractivity contribution >= 4 is 17.1 Å². The SMILES string of the molecule is Oc1ccc(N(c2ccc(O)cc2)c2ccc(-c3ccccc3)cc2)cc1. The summed E-state index contributed by atoms with van der Waals surface area (Å²) in [7, 11) is 0. The van der Waals surface area contributed by atoms with Gasteiger partial charge in [-0.25, -0.2) is 0 Å². The lowest BCUT2D eigenvalue weighted by molar-refractivity contribution is 0.475. The van der Waals surface area contributed by atoms with Gasteiger partial charge in [-0.2, -0.15) is 0 Å². The van der Waals surface area contributed by atoms with E-state index < -0.39 is 0 Å². The van der Waals surface area contributed by atoms with Gasteiger partial charge in [0.1, 0.15) is 11.5 Å². The zero-order valence-electron chi connectivity index (χ0n) is 14.7. The summed E-state index contributed by atoms with van der Waals surface area (Å²) in [5.74, 6) is 0.452. The van der Waals surface area contributed by atoms with Crippen LogP contribution >= 0.6 is 0 Å². The van der Waals surface area contributed by atoms with E-state index in [1.54, 1.807) is 24.3 Å². The summed E-state index contributed by atoms with van der Waals surface area (Å²) in [6, 6.07) is 32.7. The van der Waals surface area contributed by atoms with Crippen molar-refractivity contribution in [3.05, 3.63) is 103 Å². The molecule has 0 saturated heterocycles. The zero-order chi connectivity index (χ0) is 18.6. The number of phenolic OH excluding ortho intramolecular Hbond substituents is 2. The third kappa shape index (κ3) is 3.62. The monoisotopic (exact) mass is 353 g/mol. The first kappa shape index (κ1) is 16.7. The van der Waals surface area contributed by atoms with Crippen molar-refractivity contribution in [3.8, 4) is 22.6 Å². The van der Waals surface area contributed by atoms with Gasteiger partial charge in [-0.3, -0.25) is 0 Å². The number of nitrogens with zero attached hydrogens (tertiary/aromatic N) is 1. The van der Waals surface area contributed by atoms with E-state index in [4.69, 9.17) is 0 Å². The van der Waals surface area contributed by atoms with Gasteiger partial charge in [-0.1, -0.05) is 42.5 Å². The lowest BCUT2D eigenvalue weighted by Crippen LogP contribution is -2.09. The fourth-order valence-corrected chi connectivity index (χ4v) is 3.08. The lowest BCUT2D eigenvalue weighted by atomic mass is 10.0. The summed E-state index contributed by atoms with van der Waals surface area (Å²) < 4.78 is 0. The molecule has 0 bridgehead atoms. The van der Waals surface area contributed by atoms with Crippen molar-refractivity contribution in [2.24, 2.45) is 0 Å². The molecule has 0 aliphatic heterocycles. The Morgan fingerprint density at radius 3 is 1.22 bits per heavy atom. The normalized spacial score (nSPS) is 10.5. The molecule has 0 unspecified atom stereocenters. The Morgan fingerprint density at radius 1 is 0.407 bits per heavy atom. The predicted molar refractivity (Wildman–Crippen MR) is 110 cm³/mol. The quantitative estimate of drug-likeness (QED) is 0.457. The van der Waals surface area contributed by atoms with Gasteiger partial charge in [0.25, 0.3) is 0 Å². The molecule has 132 valence electrons. The van der Waals surface area contributed by atoms with E-state index in [1.807, 2.05) is 42.5 Å². The first-order chi connectivity index (χ1) is 13.2. The Morgan fingerprint density at radius 2 is 0.778 bits per heavy atom. The maximum atomic E-state index is 9.63. The van der Waals surface area contributed by atoms with Gasteiger partial charge in [0.05, 0.1) is 0 Å². The van der Waals surface area contributed by atoms with Gasteiger partial charge in [0.15, 0.2) is 0 Å². The second kappa shape index (κ2) is 7.26. The topological polar surface area (TPSA) is 43.7 Å². The van der Waals surface area contributed by atoms with Crippen molar-refractivity contribution in [1.29, 1.82) is 0 Å². The minimum atomic E-state index is 0.226. The van der Waals surface area contributed by atoms with Crippen LogP contribution in [-0.2, 0) is 0 Å². The van der Waals surface area contributed by atoms with Crippen LogP contribution in [0, 0.1) is 0 Å². The third-order valence-electron chi connectivity index (χ3n) is 4.45. The standard InChI is InChI=1S/C24H19NO2/c26-23-14-10-21(11-15-23)25(22-12-16-24(27)17-13-22)20-8-6-19(7-9-20)18-4-2-1-3-5-18/h1-17,26-27H. The number of rotatable bonds is 4. The third-order valence-corrected chi connectivity index (χ3v) is 4.45. The molecular weight excluding hydrogens is 334 g/mol. The lowest BCUT2D eigenvalue weighted by Gasteiger charge is -2.25. The van der Waals surface area contributed by atoms with Gasteiger partial charge in [-0.05, 0) is 71.8 Å². The van der Waals surface area contributed by atoms with Crippen LogP contribution in [0.5, 0.6) is 11.5 Å². The molecule has 0 aliphatic carbocycles. The van der Waals surface area contributed by atoms with E-state index in [1.165, 1.54) is 5.56 Å². The van der Waals surface area contributed by atoms with E-state index in [9.17, 15) is 10.2 Å². The minimum absolute atomic E-state index is 0.226. The van der Waals surface area contributed by atoms with Gasteiger partial charge >= 0.3 is 0 Å². The molecule has 3 heteroatoms. The van der Waals surface area contributed by atoms with Gasteiger partial charge < -0.3 is 15.1 Å². The zero-order valence-corrected chi connectivity index (χ0v) is 14.7. The summed E-state index contributed by atoms with van der Waals surface area (Å²) >= 11 is 0. The molecule has 0 saturated carbocycles. The number of aromatic hydroxyl groups is 2. The van der Waals surface area contributed by atoms with Gasteiger partial charge in [0.2, 0.25) is 0 Å². The van der Waals surface area contributed by atoms with E-state index >= 15 is 0 Å². The molecule has 0 aromatic heterocycles. The van der Waals surface area contributed by atoms with Crippen LogP contribution in [0.3, 0.4) is 0 Å². The minimum Gasteiger partial charge on any atom is -0.508 e. The van der Waals surface area contributed by atoms with Gasteiger partial charge in [0, 0.05) is 17.1 Å². The average Bonchev–Trinajstić information content (AvgIpc) is 2.72. The van der Waals surface area contributed by atoms with Crippen molar-refractivity contribution in [3.63, 3.8) is 0 Å². The molecule has 0 aliphatic rings. The van der Waals surface area contributed by atoms with Crippen LogP contribution in [0.1, 0.15) is 0 Å². The fraction of sp³-hybridized carbons (Fsp3) is 0. The van der Waals surface area contributed by atoms with Crippen molar-refractivity contribution in [1.82, 2.24) is 0 Å². The Balaban J connectivity index is 1.76. The molecule has 4 rings (SSSR count). The summed E-state index contributed by atoms with van der Waals surface area (Å²) in [4.78, 5) is 2.08. The summed E-state index contributed by atoms with van der Waals surface area (Å²) in [5, 5.41) is 19.3. The second-order valence-electron chi connectivity index (χ2n) is 6.28. The number of hydrogen-bond acceptors (Lipinski definition) is 3. The molecule has 0 radical (unpaired) electrons. The maximum absolute atomic E-state index is 9.63. The van der Waals surface area contributed by atoms with Crippen molar-refractivity contribution in [2.75, 3.05) is 4.90 Å². The van der Waals surface area contributed by atoms with Crippen molar-refractivity contribution < 1.29 is 10.2 Å². The Kier molecular flexibility index (Phi) is 4.50. The fourth-order valence-electron chi connectivity index (χ4n) is 3.08. The summed E-state index contributed by atoms with van der Waals surface area (Å²) in [6.07, 6.45) is 0. The van der Waals surface area contributed by atoms with Gasteiger partial charge in [-0.15, -0.1) is 0 Å². The van der Waals surface area contributed by atoms with Crippen molar-refractivity contribution in [2.45, 2.75) is 0 Å². The molecule has 0 amide bonds. The molecule has 4 aromatic carbocycles. The van der Waals surface area contributed by atoms with E-state index in [0.29, 0.717) is 0 Å². The summed E-state index contributed by atoms with van der Waals surface area (Å²) in [5.41, 5.74) is 5.16. The number of hydrogen-bond donors (Lipinski definition) is 2. The van der Waals surface area contributed by atoms with E-state index in [-0.39, 0.29) is 11.5 Å². The Labute approximate surface area is 158 Å². The molecule has 4 aromatic rings. The molecule has 0 atom stereocenters. The van der Waals surface area contributed by atoms with Crippen LogP contribution < -0.4 is 4.90 Å². The predicted octanol–water partition coefficient (Wildman–Crippen LogP) is 6.23. The molecule has 0 spiro atoms. The van der Waals surface area contributed by atoms with Crippen LogP contribution in [0.15, 0.2) is 103 Å². The molecule has 0 fully saturated rings. The Bertz CT molecular complexity index is 963. The number of benzene rings is 4. The highest BCUT2D eigenvalue weighted by molar-refractivity contribution is 5.78. The summed E-state index contributed by atoms with van der Waals surface area (Å²) in [6.45, 7) is 0. The second-order valence-corrected chi connectivity index (χ2v) is 6.28. The Hall–Kier alpha value is -3.72. The highest BCUT2D eigenvalue weighted by Crippen LogP contribution is 2.36. The highest BCUT2D eigenvalue weighted by atomic mass is 16.3. The molecular formula is C24H19NO2. The molecule has 3 nitrogen and oxygen atoms in total. The van der Waals surface area contributed by atoms with Crippen LogP contribution in [0.25, 0.3) is 11.1 Å². The average molecular weight is 353 g/mol. The van der Waals surface area contributed by atoms with Crippen LogP contribution in [-0.4, -0.2) is 10.2 Å². The molecule has 27 heavy (non-hydrogen) atoms. The largest absolute Gasteiger partial charge is 0.508 e. The number of anilines is 3. The molecule has 0 heterocycles. The smallest absolute Gasteiger partial charge is 0.115 e. The molecule has 2 N–H and O–H groups in total. The maximum Gasteiger partial charge on any atom is 0.115 e. The van der Waals surface area contributed by atoms with Crippen LogP contribution in [0.4, 0.5) is 17.1 Å². The highest BCUT2D eigenvalue weighted by Gasteiger charge is 2.12.